The maximum atomic E-state index is 2.29. The molecule has 0 heterocycles. The molecule has 0 aliphatic rings. The molecule has 0 saturated carbocycles. The van der Waals surface area contributed by atoms with Gasteiger partial charge in [0.1, 0.15) is 3.41 Å². The molecule has 0 aliphatic carbocycles. The lowest BCUT2D eigenvalue weighted by atomic mass is 10.2. The zero-order valence-electron chi connectivity index (χ0n) is 10.7. The van der Waals surface area contributed by atoms with Gasteiger partial charge in [0.05, 0.1) is 0 Å². The SMILES string of the molecule is CCCCCC(SCC)(SCC)SCC. The van der Waals surface area contributed by atoms with Gasteiger partial charge in [-0.15, -0.1) is 35.3 Å². The molecule has 0 saturated heterocycles. The monoisotopic (exact) mass is 266 g/mol. The zero-order valence-corrected chi connectivity index (χ0v) is 13.1. The van der Waals surface area contributed by atoms with Crippen molar-refractivity contribution in [2.24, 2.45) is 0 Å². The molecule has 0 aromatic heterocycles. The summed E-state index contributed by atoms with van der Waals surface area (Å²) >= 11 is 6.45. The minimum absolute atomic E-state index is 0.452. The molecule has 0 aliphatic heterocycles. The van der Waals surface area contributed by atoms with E-state index in [-0.39, 0.29) is 0 Å². The van der Waals surface area contributed by atoms with Crippen LogP contribution in [0.1, 0.15) is 53.4 Å². The van der Waals surface area contributed by atoms with Gasteiger partial charge < -0.3 is 0 Å². The fraction of sp³-hybridized carbons (Fsp3) is 1.00. The molecular weight excluding hydrogens is 240 g/mol. The second-order valence-electron chi connectivity index (χ2n) is 3.44. The molecule has 92 valence electrons. The quantitative estimate of drug-likeness (QED) is 0.379. The largest absolute Gasteiger partial charge is 0.134 e. The summed E-state index contributed by atoms with van der Waals surface area (Å²) in [6.45, 7) is 9.14. The van der Waals surface area contributed by atoms with Crippen LogP contribution in [-0.4, -0.2) is 20.7 Å². The number of hydrogen-bond acceptors (Lipinski definition) is 3. The molecule has 0 aromatic carbocycles. The highest BCUT2D eigenvalue weighted by Gasteiger charge is 2.29. The smallest absolute Gasteiger partial charge is 0.106 e. The first-order valence-electron chi connectivity index (χ1n) is 6.16. The summed E-state index contributed by atoms with van der Waals surface area (Å²) in [6.07, 6.45) is 5.49. The van der Waals surface area contributed by atoms with Crippen molar-refractivity contribution in [3.05, 3.63) is 0 Å². The van der Waals surface area contributed by atoms with E-state index in [9.17, 15) is 0 Å². The molecule has 0 bridgehead atoms. The van der Waals surface area contributed by atoms with Crippen LogP contribution in [0, 0.1) is 0 Å². The normalized spacial score (nSPS) is 12.0. The summed E-state index contributed by atoms with van der Waals surface area (Å²) in [7, 11) is 0. The summed E-state index contributed by atoms with van der Waals surface area (Å²) in [5.41, 5.74) is 0. The number of rotatable bonds is 10. The van der Waals surface area contributed by atoms with Crippen LogP contribution in [0.2, 0.25) is 0 Å². The summed E-state index contributed by atoms with van der Waals surface area (Å²) in [5.74, 6) is 3.73. The van der Waals surface area contributed by atoms with Gasteiger partial charge in [-0.3, -0.25) is 0 Å². The van der Waals surface area contributed by atoms with E-state index in [0.29, 0.717) is 3.41 Å². The van der Waals surface area contributed by atoms with Gasteiger partial charge in [-0.1, -0.05) is 47.0 Å². The molecule has 3 heteroatoms. The van der Waals surface area contributed by atoms with Crippen molar-refractivity contribution in [3.8, 4) is 0 Å². The first-order valence-corrected chi connectivity index (χ1v) is 9.12. The van der Waals surface area contributed by atoms with Gasteiger partial charge in [-0.25, -0.2) is 0 Å². The van der Waals surface area contributed by atoms with E-state index in [2.05, 4.69) is 63.0 Å². The molecule has 0 amide bonds. The van der Waals surface area contributed by atoms with Crippen LogP contribution in [0.15, 0.2) is 0 Å². The zero-order chi connectivity index (χ0) is 11.6. The fourth-order valence-electron chi connectivity index (χ4n) is 1.59. The molecule has 0 atom stereocenters. The van der Waals surface area contributed by atoms with Gasteiger partial charge in [0.15, 0.2) is 0 Å². The summed E-state index contributed by atoms with van der Waals surface area (Å²) in [4.78, 5) is 0. The van der Waals surface area contributed by atoms with Crippen LogP contribution in [0.4, 0.5) is 0 Å². The average Bonchev–Trinajstić information content (AvgIpc) is 2.19. The van der Waals surface area contributed by atoms with Crippen molar-refractivity contribution in [2.75, 3.05) is 17.3 Å². The Bertz CT molecular complexity index is 120. The predicted molar refractivity (Wildman–Crippen MR) is 81.3 cm³/mol. The number of hydrogen-bond donors (Lipinski definition) is 0. The first-order chi connectivity index (χ1) is 7.24. The molecule has 0 spiro atoms. The topological polar surface area (TPSA) is 0 Å². The lowest BCUT2D eigenvalue weighted by molar-refractivity contribution is 0.685. The van der Waals surface area contributed by atoms with Crippen LogP contribution < -0.4 is 0 Å². The predicted octanol–water partition coefficient (Wildman–Crippen LogP) is 5.48. The van der Waals surface area contributed by atoms with Crippen molar-refractivity contribution in [2.45, 2.75) is 56.8 Å². The molecule has 0 rings (SSSR count). The van der Waals surface area contributed by atoms with Crippen LogP contribution in [-0.2, 0) is 0 Å². The number of unbranched alkanes of at least 4 members (excludes halogenated alkanes) is 2. The van der Waals surface area contributed by atoms with Crippen molar-refractivity contribution in [3.63, 3.8) is 0 Å². The third-order valence-corrected chi connectivity index (χ3v) is 7.10. The van der Waals surface area contributed by atoms with Gasteiger partial charge in [-0.05, 0) is 23.7 Å². The Hall–Kier alpha value is 1.05. The third-order valence-electron chi connectivity index (χ3n) is 2.18. The van der Waals surface area contributed by atoms with Gasteiger partial charge in [0.25, 0.3) is 0 Å². The summed E-state index contributed by atoms with van der Waals surface area (Å²) < 4.78 is 0.452. The maximum Gasteiger partial charge on any atom is 0.106 e. The first kappa shape index (κ1) is 16.1. The van der Waals surface area contributed by atoms with E-state index in [4.69, 9.17) is 0 Å². The molecule has 0 nitrogen and oxygen atoms in total. The van der Waals surface area contributed by atoms with Crippen molar-refractivity contribution >= 4 is 35.3 Å². The number of thioether (sulfide) groups is 3. The highest BCUT2D eigenvalue weighted by Crippen LogP contribution is 2.50. The van der Waals surface area contributed by atoms with Crippen LogP contribution in [0.3, 0.4) is 0 Å². The van der Waals surface area contributed by atoms with E-state index in [0.717, 1.165) is 0 Å². The van der Waals surface area contributed by atoms with Gasteiger partial charge >= 0.3 is 0 Å². The van der Waals surface area contributed by atoms with Crippen molar-refractivity contribution in [1.82, 2.24) is 0 Å². The van der Waals surface area contributed by atoms with E-state index >= 15 is 0 Å². The van der Waals surface area contributed by atoms with E-state index in [1.807, 2.05) is 0 Å². The van der Waals surface area contributed by atoms with Crippen LogP contribution in [0.25, 0.3) is 0 Å². The lowest BCUT2D eigenvalue weighted by Gasteiger charge is -2.31. The second-order valence-corrected chi connectivity index (χ2v) is 8.90. The van der Waals surface area contributed by atoms with Gasteiger partial charge in [0, 0.05) is 0 Å². The summed E-state index contributed by atoms with van der Waals surface area (Å²) in [6, 6.07) is 0. The molecular formula is C12H26S3. The second kappa shape index (κ2) is 10.2. The molecule has 15 heavy (non-hydrogen) atoms. The Morgan fingerprint density at radius 3 is 1.53 bits per heavy atom. The Kier molecular flexibility index (Phi) is 10.9. The molecule has 0 radical (unpaired) electrons. The van der Waals surface area contributed by atoms with Gasteiger partial charge in [-0.2, -0.15) is 0 Å². The van der Waals surface area contributed by atoms with Crippen molar-refractivity contribution < 1.29 is 0 Å². The van der Waals surface area contributed by atoms with Crippen LogP contribution in [0.5, 0.6) is 0 Å². The van der Waals surface area contributed by atoms with Crippen molar-refractivity contribution in [1.29, 1.82) is 0 Å². The standard InChI is InChI=1S/C12H26S3/c1-5-9-10-11-12(13-6-2,14-7-3)15-8-4/h5-11H2,1-4H3. The maximum absolute atomic E-state index is 2.29. The minimum atomic E-state index is 0.452. The van der Waals surface area contributed by atoms with E-state index in [1.54, 1.807) is 0 Å². The minimum Gasteiger partial charge on any atom is -0.134 e. The summed E-state index contributed by atoms with van der Waals surface area (Å²) in [5, 5.41) is 0. The highest BCUT2D eigenvalue weighted by atomic mass is 32.3. The lowest BCUT2D eigenvalue weighted by Crippen LogP contribution is -2.17. The Balaban J connectivity index is 4.18. The molecule has 0 fully saturated rings. The third kappa shape index (κ3) is 7.06. The highest BCUT2D eigenvalue weighted by molar-refractivity contribution is 8.33. The Morgan fingerprint density at radius 2 is 1.20 bits per heavy atom. The molecule has 0 aromatic rings. The van der Waals surface area contributed by atoms with E-state index in [1.165, 1.54) is 42.9 Å². The molecule has 0 N–H and O–H groups in total. The molecule has 0 unspecified atom stereocenters. The van der Waals surface area contributed by atoms with E-state index < -0.39 is 0 Å². The Morgan fingerprint density at radius 1 is 0.733 bits per heavy atom. The Labute approximate surface area is 109 Å². The average molecular weight is 267 g/mol. The van der Waals surface area contributed by atoms with Gasteiger partial charge in [0.2, 0.25) is 0 Å². The fourth-order valence-corrected chi connectivity index (χ4v) is 6.90. The van der Waals surface area contributed by atoms with Crippen LogP contribution >= 0.6 is 35.3 Å².